The first-order valence-corrected chi connectivity index (χ1v) is 3.52. The predicted octanol–water partition coefficient (Wildman–Crippen LogP) is -1.96. The average Bonchev–Trinajstić information content (AvgIpc) is 1.98. The molecule has 0 heterocycles. The van der Waals surface area contributed by atoms with Crippen LogP contribution in [0.15, 0.2) is 0 Å². The number of aliphatic hydroxyl groups is 4. The van der Waals surface area contributed by atoms with Crippen LogP contribution in [0, 0.1) is 0 Å². The van der Waals surface area contributed by atoms with Crippen molar-refractivity contribution in [2.45, 2.75) is 37.8 Å². The van der Waals surface area contributed by atoms with Crippen LogP contribution in [0.1, 0.15) is 13.8 Å². The van der Waals surface area contributed by atoms with Crippen LogP contribution in [-0.4, -0.2) is 50.6 Å². The monoisotopic (exact) mass is 178 g/mol. The van der Waals surface area contributed by atoms with E-state index in [1.54, 1.807) is 0 Å². The van der Waals surface area contributed by atoms with Gasteiger partial charge in [-0.25, -0.2) is 0 Å². The van der Waals surface area contributed by atoms with Crippen molar-refractivity contribution in [2.75, 3.05) is 0 Å². The maximum atomic E-state index is 9.97. The predicted molar refractivity (Wildman–Crippen MR) is 40.4 cm³/mol. The molecule has 0 aromatic carbocycles. The van der Waals surface area contributed by atoms with Gasteiger partial charge in [0.25, 0.3) is 0 Å². The molecule has 0 aliphatic carbocycles. The van der Waals surface area contributed by atoms with Crippen molar-refractivity contribution in [3.63, 3.8) is 0 Å². The van der Waals surface area contributed by atoms with Gasteiger partial charge in [0.2, 0.25) is 0 Å². The molecular formula is C7H14O5. The maximum absolute atomic E-state index is 9.97. The summed E-state index contributed by atoms with van der Waals surface area (Å²) in [6, 6.07) is 0. The van der Waals surface area contributed by atoms with Gasteiger partial charge in [0.1, 0.15) is 18.3 Å². The lowest BCUT2D eigenvalue weighted by atomic mass is 9.94. The molecule has 0 aromatic rings. The van der Waals surface area contributed by atoms with Crippen LogP contribution < -0.4 is 0 Å². The average molecular weight is 178 g/mol. The lowest BCUT2D eigenvalue weighted by Crippen LogP contribution is -2.50. The summed E-state index contributed by atoms with van der Waals surface area (Å²) in [6.07, 6.45) is -4.80. The lowest BCUT2D eigenvalue weighted by Gasteiger charge is -2.29. The molecule has 72 valence electrons. The lowest BCUT2D eigenvalue weighted by molar-refractivity contribution is -0.147. The van der Waals surface area contributed by atoms with E-state index in [-0.39, 0.29) is 6.29 Å². The van der Waals surface area contributed by atoms with E-state index in [9.17, 15) is 4.79 Å². The standard InChI is InChI=1S/C7H14O5/c1-7(2,12)6(11)5(10)4(9)3-8/h3-6,9-12H,1-2H3/t4-,5+,6+/m0/s1. The zero-order valence-electron chi connectivity index (χ0n) is 7.01. The molecule has 5 nitrogen and oxygen atoms in total. The minimum absolute atomic E-state index is 0.0969. The fourth-order valence-electron chi connectivity index (χ4n) is 0.685. The number of aliphatic hydroxyl groups excluding tert-OH is 3. The Bertz CT molecular complexity index is 150. The van der Waals surface area contributed by atoms with Crippen molar-refractivity contribution < 1.29 is 25.2 Å². The highest BCUT2D eigenvalue weighted by molar-refractivity contribution is 5.56. The Labute approximate surface area is 70.3 Å². The van der Waals surface area contributed by atoms with Crippen molar-refractivity contribution in [1.82, 2.24) is 0 Å². The molecule has 0 amide bonds. The smallest absolute Gasteiger partial charge is 0.151 e. The van der Waals surface area contributed by atoms with Crippen molar-refractivity contribution in [3.05, 3.63) is 0 Å². The first-order chi connectivity index (χ1) is 5.30. The fourth-order valence-corrected chi connectivity index (χ4v) is 0.685. The molecule has 0 radical (unpaired) electrons. The van der Waals surface area contributed by atoms with Gasteiger partial charge in [0, 0.05) is 0 Å². The molecule has 0 aliphatic heterocycles. The summed E-state index contributed by atoms with van der Waals surface area (Å²) in [5.74, 6) is 0. The largest absolute Gasteiger partial charge is 0.388 e. The second-order valence-corrected chi connectivity index (χ2v) is 3.22. The molecule has 0 saturated heterocycles. The summed E-state index contributed by atoms with van der Waals surface area (Å²) in [7, 11) is 0. The molecule has 0 bridgehead atoms. The second kappa shape index (κ2) is 3.95. The molecule has 0 aromatic heterocycles. The van der Waals surface area contributed by atoms with Gasteiger partial charge in [0.05, 0.1) is 5.60 Å². The van der Waals surface area contributed by atoms with Crippen LogP contribution in [0.25, 0.3) is 0 Å². The summed E-state index contributed by atoms with van der Waals surface area (Å²) >= 11 is 0. The summed E-state index contributed by atoms with van der Waals surface area (Å²) in [5.41, 5.74) is -1.55. The van der Waals surface area contributed by atoms with Crippen LogP contribution in [-0.2, 0) is 4.79 Å². The van der Waals surface area contributed by atoms with Crippen LogP contribution in [0.3, 0.4) is 0 Å². The topological polar surface area (TPSA) is 98.0 Å². The SMILES string of the molecule is CC(C)(O)[C@H](O)[C@H](O)[C@@H](O)C=O. The van der Waals surface area contributed by atoms with Crippen LogP contribution in [0.2, 0.25) is 0 Å². The number of carbonyl (C=O) groups excluding carboxylic acids is 1. The highest BCUT2D eigenvalue weighted by Gasteiger charge is 2.35. The number of rotatable bonds is 4. The van der Waals surface area contributed by atoms with E-state index < -0.39 is 23.9 Å². The van der Waals surface area contributed by atoms with Gasteiger partial charge < -0.3 is 25.2 Å². The molecule has 5 heteroatoms. The Kier molecular flexibility index (Phi) is 3.79. The van der Waals surface area contributed by atoms with E-state index >= 15 is 0 Å². The van der Waals surface area contributed by atoms with Gasteiger partial charge in [-0.2, -0.15) is 0 Å². The zero-order chi connectivity index (χ0) is 9.94. The third-order valence-corrected chi connectivity index (χ3v) is 1.54. The highest BCUT2D eigenvalue weighted by Crippen LogP contribution is 2.13. The normalized spacial score (nSPS) is 19.8. The van der Waals surface area contributed by atoms with Gasteiger partial charge >= 0.3 is 0 Å². The Morgan fingerprint density at radius 1 is 1.25 bits per heavy atom. The molecule has 0 saturated carbocycles. The summed E-state index contributed by atoms with van der Waals surface area (Å²) < 4.78 is 0. The van der Waals surface area contributed by atoms with Crippen LogP contribution >= 0.6 is 0 Å². The van der Waals surface area contributed by atoms with Gasteiger partial charge in [0.15, 0.2) is 6.29 Å². The molecule has 0 spiro atoms. The zero-order valence-corrected chi connectivity index (χ0v) is 7.01. The molecule has 12 heavy (non-hydrogen) atoms. The third-order valence-electron chi connectivity index (χ3n) is 1.54. The van der Waals surface area contributed by atoms with E-state index in [2.05, 4.69) is 0 Å². The Hall–Kier alpha value is -0.490. The molecule has 0 aliphatic rings. The summed E-state index contributed by atoms with van der Waals surface area (Å²) in [5, 5.41) is 36.1. The first kappa shape index (κ1) is 11.5. The third kappa shape index (κ3) is 2.86. The Morgan fingerprint density at radius 3 is 1.92 bits per heavy atom. The molecule has 0 fully saturated rings. The minimum atomic E-state index is -1.67. The van der Waals surface area contributed by atoms with E-state index in [0.717, 1.165) is 0 Å². The van der Waals surface area contributed by atoms with Gasteiger partial charge in [-0.05, 0) is 13.8 Å². The number of hydrogen-bond acceptors (Lipinski definition) is 5. The minimum Gasteiger partial charge on any atom is -0.388 e. The molecule has 3 atom stereocenters. The molecule has 0 rings (SSSR count). The Balaban J connectivity index is 4.28. The summed E-state index contributed by atoms with van der Waals surface area (Å²) in [6.45, 7) is 2.52. The number of aldehydes is 1. The van der Waals surface area contributed by atoms with E-state index in [1.165, 1.54) is 13.8 Å². The van der Waals surface area contributed by atoms with E-state index in [1.807, 2.05) is 0 Å². The van der Waals surface area contributed by atoms with Gasteiger partial charge in [-0.1, -0.05) is 0 Å². The molecular weight excluding hydrogens is 164 g/mol. The number of hydrogen-bond donors (Lipinski definition) is 4. The molecule has 0 unspecified atom stereocenters. The quantitative estimate of drug-likeness (QED) is 0.375. The first-order valence-electron chi connectivity index (χ1n) is 3.52. The van der Waals surface area contributed by atoms with E-state index in [0.29, 0.717) is 0 Å². The molecule has 4 N–H and O–H groups in total. The van der Waals surface area contributed by atoms with Gasteiger partial charge in [-0.3, -0.25) is 0 Å². The van der Waals surface area contributed by atoms with Crippen LogP contribution in [0.5, 0.6) is 0 Å². The maximum Gasteiger partial charge on any atom is 0.151 e. The summed E-state index contributed by atoms with van der Waals surface area (Å²) in [4.78, 5) is 9.97. The van der Waals surface area contributed by atoms with Crippen LogP contribution in [0.4, 0.5) is 0 Å². The second-order valence-electron chi connectivity index (χ2n) is 3.22. The van der Waals surface area contributed by atoms with Gasteiger partial charge in [-0.15, -0.1) is 0 Å². The van der Waals surface area contributed by atoms with Crippen molar-refractivity contribution in [2.24, 2.45) is 0 Å². The van der Waals surface area contributed by atoms with E-state index in [4.69, 9.17) is 20.4 Å². The highest BCUT2D eigenvalue weighted by atomic mass is 16.4. The fraction of sp³-hybridized carbons (Fsp3) is 0.857. The van der Waals surface area contributed by atoms with Crippen molar-refractivity contribution in [1.29, 1.82) is 0 Å². The van der Waals surface area contributed by atoms with Crippen molar-refractivity contribution in [3.8, 4) is 0 Å². The Morgan fingerprint density at radius 2 is 1.67 bits per heavy atom. The van der Waals surface area contributed by atoms with Crippen molar-refractivity contribution >= 4 is 6.29 Å². The number of carbonyl (C=O) groups is 1.